The van der Waals surface area contributed by atoms with E-state index in [9.17, 15) is 9.90 Å². The van der Waals surface area contributed by atoms with Gasteiger partial charge in [0, 0.05) is 55.6 Å². The third-order valence-electron chi connectivity index (χ3n) is 5.70. The number of rotatable bonds is 6. The summed E-state index contributed by atoms with van der Waals surface area (Å²) in [6.07, 6.45) is 5.19. The zero-order chi connectivity index (χ0) is 21.4. The number of aromatic nitrogens is 5. The quantitative estimate of drug-likeness (QED) is 0.468. The molecule has 0 atom stereocenters. The number of ether oxygens (including phenoxy) is 1. The Morgan fingerprint density at radius 2 is 2.10 bits per heavy atom. The van der Waals surface area contributed by atoms with Crippen molar-refractivity contribution in [2.75, 3.05) is 39.9 Å². The van der Waals surface area contributed by atoms with E-state index < -0.39 is 5.97 Å². The molecule has 10 heteroatoms. The topological polar surface area (TPSA) is 114 Å². The van der Waals surface area contributed by atoms with Crippen LogP contribution >= 0.6 is 0 Å². The van der Waals surface area contributed by atoms with Gasteiger partial charge >= 0.3 is 5.97 Å². The van der Waals surface area contributed by atoms with Crippen molar-refractivity contribution < 1.29 is 20.0 Å². The highest BCUT2D eigenvalue weighted by molar-refractivity contribution is 5.96. The van der Waals surface area contributed by atoms with Gasteiger partial charge in [0.15, 0.2) is 5.65 Å². The summed E-state index contributed by atoms with van der Waals surface area (Å²) in [5.74, 6) is -0.262. The zero-order valence-corrected chi connectivity index (χ0v) is 17.2. The first-order valence-corrected chi connectivity index (χ1v) is 10.3. The molecule has 0 saturated carbocycles. The van der Waals surface area contributed by atoms with Crippen LogP contribution in [0.1, 0.15) is 10.4 Å². The zero-order valence-electron chi connectivity index (χ0n) is 17.2. The summed E-state index contributed by atoms with van der Waals surface area (Å²) in [4.78, 5) is 23.3. The van der Waals surface area contributed by atoms with Crippen LogP contribution < -0.4 is 5.32 Å². The number of carbonyl (C=O) groups is 1. The second kappa shape index (κ2) is 8.06. The normalized spacial score (nSPS) is 15.1. The van der Waals surface area contributed by atoms with Crippen molar-refractivity contribution in [2.24, 2.45) is 0 Å². The number of morpholine rings is 1. The molecule has 5 rings (SSSR count). The summed E-state index contributed by atoms with van der Waals surface area (Å²) >= 11 is 0. The summed E-state index contributed by atoms with van der Waals surface area (Å²) in [7, 11) is 1.90. The molecular formula is C21H24N7O3+. The molecule has 0 amide bonds. The van der Waals surface area contributed by atoms with Gasteiger partial charge in [-0.1, -0.05) is 0 Å². The van der Waals surface area contributed by atoms with Gasteiger partial charge in [0.05, 0.1) is 32.2 Å². The van der Waals surface area contributed by atoms with E-state index in [1.165, 1.54) is 6.20 Å². The molecule has 0 aliphatic carbocycles. The summed E-state index contributed by atoms with van der Waals surface area (Å²) in [5.41, 5.74) is 2.93. The minimum atomic E-state index is -1.05. The molecule has 10 nitrogen and oxygen atoms in total. The highest BCUT2D eigenvalue weighted by Gasteiger charge is 2.20. The SMILES string of the molecule is C[NH2+]c1cc(-c2cn(CCN3CCOCC3)c3ncccc23)nc2c(C(=O)O)cnn12. The summed E-state index contributed by atoms with van der Waals surface area (Å²) in [6, 6.07) is 5.86. The maximum absolute atomic E-state index is 11.6. The van der Waals surface area contributed by atoms with E-state index >= 15 is 0 Å². The first-order chi connectivity index (χ1) is 15.2. The second-order valence-electron chi connectivity index (χ2n) is 7.52. The van der Waals surface area contributed by atoms with Gasteiger partial charge in [0.1, 0.15) is 11.2 Å². The van der Waals surface area contributed by atoms with Crippen LogP contribution in [0.4, 0.5) is 5.82 Å². The Morgan fingerprint density at radius 3 is 2.87 bits per heavy atom. The van der Waals surface area contributed by atoms with E-state index in [1.807, 2.05) is 30.6 Å². The summed E-state index contributed by atoms with van der Waals surface area (Å²) in [6.45, 7) is 5.13. The summed E-state index contributed by atoms with van der Waals surface area (Å²) in [5, 5.41) is 16.6. The predicted octanol–water partition coefficient (Wildman–Crippen LogP) is 0.601. The van der Waals surface area contributed by atoms with Crippen molar-refractivity contribution in [3.63, 3.8) is 0 Å². The molecule has 1 aliphatic heterocycles. The molecule has 31 heavy (non-hydrogen) atoms. The maximum Gasteiger partial charge on any atom is 0.341 e. The first kappa shape index (κ1) is 19.6. The lowest BCUT2D eigenvalue weighted by Crippen LogP contribution is -2.73. The molecular weight excluding hydrogens is 398 g/mol. The number of fused-ring (bicyclic) bond motifs is 2. The van der Waals surface area contributed by atoms with Gasteiger partial charge < -0.3 is 14.4 Å². The molecule has 1 aliphatic rings. The molecule has 0 aromatic carbocycles. The standard InChI is InChI=1S/C21H23N7O3/c1-22-18-11-17(25-20-15(21(29)30)12-24-28(18)20)16-13-27(19-14(16)3-2-4-23-19)6-5-26-7-9-31-10-8-26/h2-4,11-13,22H,5-10H2,1H3,(H,29,30)/p+1. The minimum absolute atomic E-state index is 0.0825. The molecule has 3 N–H and O–H groups in total. The Labute approximate surface area is 178 Å². The molecule has 0 spiro atoms. The van der Waals surface area contributed by atoms with Crippen molar-refractivity contribution in [2.45, 2.75) is 6.54 Å². The number of quaternary nitrogens is 1. The number of aromatic carboxylic acids is 1. The maximum atomic E-state index is 11.6. The Kier molecular flexibility index (Phi) is 5.10. The lowest BCUT2D eigenvalue weighted by atomic mass is 10.1. The molecule has 0 unspecified atom stereocenters. The van der Waals surface area contributed by atoms with E-state index in [1.54, 1.807) is 10.7 Å². The fourth-order valence-corrected chi connectivity index (χ4v) is 4.05. The average molecular weight is 422 g/mol. The second-order valence-corrected chi connectivity index (χ2v) is 7.52. The molecule has 160 valence electrons. The van der Waals surface area contributed by atoms with Crippen LogP contribution in [-0.4, -0.2) is 80.0 Å². The van der Waals surface area contributed by atoms with Crippen molar-refractivity contribution >= 4 is 28.5 Å². The van der Waals surface area contributed by atoms with Crippen molar-refractivity contribution in [1.82, 2.24) is 29.0 Å². The monoisotopic (exact) mass is 422 g/mol. The van der Waals surface area contributed by atoms with Crippen LogP contribution in [0.3, 0.4) is 0 Å². The van der Waals surface area contributed by atoms with Gasteiger partial charge in [-0.25, -0.2) is 14.8 Å². The van der Waals surface area contributed by atoms with Gasteiger partial charge in [-0.05, 0) is 12.1 Å². The molecule has 0 radical (unpaired) electrons. The van der Waals surface area contributed by atoms with Gasteiger partial charge in [0.2, 0.25) is 5.82 Å². The Balaban J connectivity index is 1.59. The van der Waals surface area contributed by atoms with Gasteiger partial charge in [-0.3, -0.25) is 10.2 Å². The Hall–Kier alpha value is -3.34. The Bertz CT molecular complexity index is 1260. The van der Waals surface area contributed by atoms with Crippen LogP contribution in [0.2, 0.25) is 0 Å². The number of nitrogens with two attached hydrogens (primary N) is 1. The smallest absolute Gasteiger partial charge is 0.341 e. The van der Waals surface area contributed by atoms with E-state index in [0.717, 1.165) is 61.8 Å². The highest BCUT2D eigenvalue weighted by Crippen LogP contribution is 2.30. The largest absolute Gasteiger partial charge is 0.477 e. The number of pyridine rings is 1. The Morgan fingerprint density at radius 1 is 1.26 bits per heavy atom. The van der Waals surface area contributed by atoms with Gasteiger partial charge in [0.25, 0.3) is 0 Å². The fraction of sp³-hybridized carbons (Fsp3) is 0.333. The van der Waals surface area contributed by atoms with Crippen molar-refractivity contribution in [1.29, 1.82) is 0 Å². The molecule has 0 bridgehead atoms. The van der Waals surface area contributed by atoms with Crippen LogP contribution in [0, 0.1) is 0 Å². The van der Waals surface area contributed by atoms with Crippen LogP contribution in [0.25, 0.3) is 27.9 Å². The summed E-state index contributed by atoms with van der Waals surface area (Å²) < 4.78 is 9.15. The van der Waals surface area contributed by atoms with Crippen LogP contribution in [0.5, 0.6) is 0 Å². The third-order valence-corrected chi connectivity index (χ3v) is 5.70. The van der Waals surface area contributed by atoms with E-state index in [-0.39, 0.29) is 5.56 Å². The molecule has 4 aromatic rings. The van der Waals surface area contributed by atoms with Gasteiger partial charge in [-0.2, -0.15) is 9.61 Å². The number of hydrogen-bond donors (Lipinski definition) is 2. The van der Waals surface area contributed by atoms with E-state index in [2.05, 4.69) is 30.7 Å². The first-order valence-electron chi connectivity index (χ1n) is 10.3. The molecule has 4 aromatic heterocycles. The highest BCUT2D eigenvalue weighted by atomic mass is 16.5. The minimum Gasteiger partial charge on any atom is -0.477 e. The number of hydrogen-bond acceptors (Lipinski definition) is 6. The number of nitrogens with zero attached hydrogens (tertiary/aromatic N) is 6. The molecule has 1 saturated heterocycles. The van der Waals surface area contributed by atoms with E-state index in [0.29, 0.717) is 11.3 Å². The molecule has 1 fully saturated rings. The third kappa shape index (κ3) is 3.54. The van der Waals surface area contributed by atoms with Crippen molar-refractivity contribution in [3.8, 4) is 11.3 Å². The van der Waals surface area contributed by atoms with Crippen LogP contribution in [-0.2, 0) is 11.3 Å². The fourth-order valence-electron chi connectivity index (χ4n) is 4.05. The van der Waals surface area contributed by atoms with Gasteiger partial charge in [-0.15, -0.1) is 0 Å². The number of carboxylic acid groups (broad SMARTS) is 1. The van der Waals surface area contributed by atoms with Crippen LogP contribution in [0.15, 0.2) is 36.8 Å². The lowest BCUT2D eigenvalue weighted by molar-refractivity contribution is -0.544. The molecule has 5 heterocycles. The van der Waals surface area contributed by atoms with Crippen molar-refractivity contribution in [3.05, 3.63) is 42.4 Å². The lowest BCUT2D eigenvalue weighted by Gasteiger charge is -2.26. The number of carboxylic acids is 1. The van der Waals surface area contributed by atoms with E-state index in [4.69, 9.17) is 4.74 Å². The average Bonchev–Trinajstić information content (AvgIpc) is 3.39. The predicted molar refractivity (Wildman–Crippen MR) is 113 cm³/mol.